The van der Waals surface area contributed by atoms with Crippen LogP contribution in [0.5, 0.6) is 0 Å². The molecule has 21 heavy (non-hydrogen) atoms. The standard InChI is InChI=1S/C13H12ClFN4O2/c1-7-8(13(21)19-17-7)5-12(20)18-16-6-9-10(14)3-2-4-11(9)15/h2-4,6H,5H2,1H3,(H,18,20)(H2,17,19,21). The number of carbonyl (C=O) groups is 1. The number of hydrazone groups is 1. The Morgan fingerprint density at radius 2 is 2.24 bits per heavy atom. The fourth-order valence-corrected chi connectivity index (χ4v) is 1.90. The van der Waals surface area contributed by atoms with E-state index in [4.69, 9.17) is 11.6 Å². The predicted octanol–water partition coefficient (Wildman–Crippen LogP) is 1.50. The quantitative estimate of drug-likeness (QED) is 0.590. The zero-order valence-electron chi connectivity index (χ0n) is 11.0. The molecule has 1 aromatic heterocycles. The number of benzene rings is 1. The molecule has 0 aliphatic carbocycles. The minimum absolute atomic E-state index is 0.0788. The number of nitrogens with one attached hydrogen (secondary N) is 3. The summed E-state index contributed by atoms with van der Waals surface area (Å²) >= 11 is 5.81. The first-order valence-corrected chi connectivity index (χ1v) is 6.39. The lowest BCUT2D eigenvalue weighted by Crippen LogP contribution is -2.23. The summed E-state index contributed by atoms with van der Waals surface area (Å²) in [5.41, 5.74) is 2.84. The van der Waals surface area contributed by atoms with Crippen LogP contribution in [-0.2, 0) is 11.2 Å². The van der Waals surface area contributed by atoms with Crippen molar-refractivity contribution >= 4 is 23.7 Å². The van der Waals surface area contributed by atoms with Crippen molar-refractivity contribution in [2.75, 3.05) is 0 Å². The van der Waals surface area contributed by atoms with Gasteiger partial charge >= 0.3 is 0 Å². The highest BCUT2D eigenvalue weighted by Gasteiger charge is 2.11. The summed E-state index contributed by atoms with van der Waals surface area (Å²) in [7, 11) is 0. The number of aryl methyl sites for hydroxylation is 1. The lowest BCUT2D eigenvalue weighted by Gasteiger charge is -2.00. The third kappa shape index (κ3) is 3.57. The Morgan fingerprint density at radius 1 is 1.48 bits per heavy atom. The van der Waals surface area contributed by atoms with Crippen molar-refractivity contribution in [1.29, 1.82) is 0 Å². The maximum absolute atomic E-state index is 13.4. The van der Waals surface area contributed by atoms with Crippen molar-refractivity contribution < 1.29 is 9.18 Å². The third-order valence-corrected chi connectivity index (χ3v) is 3.14. The molecule has 0 aliphatic heterocycles. The lowest BCUT2D eigenvalue weighted by atomic mass is 10.2. The highest BCUT2D eigenvalue weighted by Crippen LogP contribution is 2.16. The van der Waals surface area contributed by atoms with Crippen LogP contribution >= 0.6 is 11.6 Å². The van der Waals surface area contributed by atoms with E-state index in [1.165, 1.54) is 18.2 Å². The van der Waals surface area contributed by atoms with Crippen LogP contribution in [0.25, 0.3) is 0 Å². The van der Waals surface area contributed by atoms with Gasteiger partial charge in [0.25, 0.3) is 5.56 Å². The van der Waals surface area contributed by atoms with E-state index in [2.05, 4.69) is 20.7 Å². The fraction of sp³-hybridized carbons (Fsp3) is 0.154. The summed E-state index contributed by atoms with van der Waals surface area (Å²) < 4.78 is 13.4. The summed E-state index contributed by atoms with van der Waals surface area (Å²) in [4.78, 5) is 23.0. The smallest absolute Gasteiger partial charge is 0.267 e. The molecule has 6 nitrogen and oxygen atoms in total. The Kier molecular flexibility index (Phi) is 4.54. The van der Waals surface area contributed by atoms with Gasteiger partial charge in [-0.1, -0.05) is 17.7 Å². The van der Waals surface area contributed by atoms with Crippen LogP contribution in [0.1, 0.15) is 16.8 Å². The zero-order chi connectivity index (χ0) is 15.4. The SMILES string of the molecule is Cc1[nH][nH]c(=O)c1CC(=O)NN=Cc1c(F)cccc1Cl. The van der Waals surface area contributed by atoms with Crippen molar-refractivity contribution in [3.63, 3.8) is 0 Å². The first-order chi connectivity index (χ1) is 9.99. The zero-order valence-corrected chi connectivity index (χ0v) is 11.8. The molecule has 0 aliphatic rings. The number of carbonyl (C=O) groups excluding carboxylic acids is 1. The second-order valence-electron chi connectivity index (χ2n) is 4.29. The van der Waals surface area contributed by atoms with Gasteiger partial charge in [-0.25, -0.2) is 9.82 Å². The number of rotatable bonds is 4. The number of aromatic nitrogens is 2. The lowest BCUT2D eigenvalue weighted by molar-refractivity contribution is -0.120. The predicted molar refractivity (Wildman–Crippen MR) is 77.0 cm³/mol. The minimum Gasteiger partial charge on any atom is -0.302 e. The van der Waals surface area contributed by atoms with Crippen LogP contribution < -0.4 is 11.0 Å². The van der Waals surface area contributed by atoms with E-state index in [0.717, 1.165) is 6.21 Å². The second kappa shape index (κ2) is 6.36. The molecule has 1 amide bonds. The molecular formula is C13H12ClFN4O2. The van der Waals surface area contributed by atoms with Crippen LogP contribution in [0.2, 0.25) is 5.02 Å². The van der Waals surface area contributed by atoms with Crippen molar-refractivity contribution in [3.8, 4) is 0 Å². The first-order valence-electron chi connectivity index (χ1n) is 6.01. The van der Waals surface area contributed by atoms with Crippen LogP contribution in [0, 0.1) is 12.7 Å². The van der Waals surface area contributed by atoms with Crippen LogP contribution in [0.15, 0.2) is 28.1 Å². The summed E-state index contributed by atoms with van der Waals surface area (Å²) in [5.74, 6) is -1.04. The molecule has 0 bridgehead atoms. The number of nitrogens with zero attached hydrogens (tertiary/aromatic N) is 1. The van der Waals surface area contributed by atoms with Crippen molar-refractivity contribution in [1.82, 2.24) is 15.6 Å². The molecule has 2 rings (SSSR count). The Balaban J connectivity index is 2.02. The number of halogens is 2. The molecule has 0 fully saturated rings. The summed E-state index contributed by atoms with van der Waals surface area (Å²) in [6.45, 7) is 1.67. The Morgan fingerprint density at radius 3 is 2.86 bits per heavy atom. The molecule has 1 heterocycles. The normalized spacial score (nSPS) is 11.0. The van der Waals surface area contributed by atoms with E-state index >= 15 is 0 Å². The Hall–Kier alpha value is -2.41. The van der Waals surface area contributed by atoms with E-state index in [0.29, 0.717) is 11.3 Å². The highest BCUT2D eigenvalue weighted by molar-refractivity contribution is 6.33. The van der Waals surface area contributed by atoms with Gasteiger partial charge in [-0.15, -0.1) is 0 Å². The van der Waals surface area contributed by atoms with E-state index in [-0.39, 0.29) is 22.6 Å². The van der Waals surface area contributed by atoms with E-state index in [1.807, 2.05) is 0 Å². The third-order valence-electron chi connectivity index (χ3n) is 2.81. The van der Waals surface area contributed by atoms with Crippen LogP contribution in [0.4, 0.5) is 4.39 Å². The van der Waals surface area contributed by atoms with Gasteiger partial charge in [-0.05, 0) is 19.1 Å². The monoisotopic (exact) mass is 310 g/mol. The van der Waals surface area contributed by atoms with Crippen LogP contribution in [-0.4, -0.2) is 22.3 Å². The molecule has 0 atom stereocenters. The van der Waals surface area contributed by atoms with Gasteiger partial charge in [0.2, 0.25) is 5.91 Å². The van der Waals surface area contributed by atoms with E-state index in [9.17, 15) is 14.0 Å². The number of aromatic amines is 2. The molecule has 0 saturated heterocycles. The molecule has 0 unspecified atom stereocenters. The average molecular weight is 311 g/mol. The topological polar surface area (TPSA) is 90.1 Å². The number of H-pyrrole nitrogens is 2. The van der Waals surface area contributed by atoms with Gasteiger partial charge in [0, 0.05) is 16.8 Å². The summed E-state index contributed by atoms with van der Waals surface area (Å²) in [5, 5.41) is 8.81. The second-order valence-corrected chi connectivity index (χ2v) is 4.70. The highest BCUT2D eigenvalue weighted by atomic mass is 35.5. The minimum atomic E-state index is -0.543. The molecule has 2 aromatic rings. The molecular weight excluding hydrogens is 299 g/mol. The van der Waals surface area contributed by atoms with Crippen molar-refractivity contribution in [2.45, 2.75) is 13.3 Å². The number of hydrogen-bond acceptors (Lipinski definition) is 3. The van der Waals surface area contributed by atoms with Crippen molar-refractivity contribution in [3.05, 3.63) is 56.2 Å². The van der Waals surface area contributed by atoms with Gasteiger partial charge in [0.05, 0.1) is 17.7 Å². The molecule has 8 heteroatoms. The fourth-order valence-electron chi connectivity index (χ4n) is 1.69. The van der Waals surface area contributed by atoms with Crippen LogP contribution in [0.3, 0.4) is 0 Å². The van der Waals surface area contributed by atoms with Gasteiger partial charge in [-0.3, -0.25) is 14.7 Å². The Bertz CT molecular complexity index is 731. The Labute approximate surface area is 124 Å². The molecule has 0 radical (unpaired) electrons. The number of amides is 1. The molecule has 1 aromatic carbocycles. The summed E-state index contributed by atoms with van der Waals surface area (Å²) in [6, 6.07) is 4.21. The van der Waals surface area contributed by atoms with E-state index < -0.39 is 11.7 Å². The average Bonchev–Trinajstić information content (AvgIpc) is 2.74. The van der Waals surface area contributed by atoms with Gasteiger partial charge < -0.3 is 5.10 Å². The molecule has 0 saturated carbocycles. The van der Waals surface area contributed by atoms with Gasteiger partial charge in [0.1, 0.15) is 5.82 Å². The van der Waals surface area contributed by atoms with Gasteiger partial charge in [0.15, 0.2) is 0 Å². The van der Waals surface area contributed by atoms with Gasteiger partial charge in [-0.2, -0.15) is 5.10 Å². The van der Waals surface area contributed by atoms with Crippen molar-refractivity contribution in [2.24, 2.45) is 5.10 Å². The number of hydrogen-bond donors (Lipinski definition) is 3. The molecule has 0 spiro atoms. The largest absolute Gasteiger partial charge is 0.302 e. The van der Waals surface area contributed by atoms with E-state index in [1.54, 1.807) is 6.92 Å². The molecule has 110 valence electrons. The first kappa shape index (κ1) is 15.0. The maximum Gasteiger partial charge on any atom is 0.267 e. The molecule has 3 N–H and O–H groups in total. The maximum atomic E-state index is 13.4. The summed E-state index contributed by atoms with van der Waals surface area (Å²) in [6.07, 6.45) is 0.983.